The molecule has 1 aromatic heterocycles. The molecular weight excluding hydrogens is 332 g/mol. The Morgan fingerprint density at radius 1 is 1.23 bits per heavy atom. The molecule has 3 rings (SSSR count). The van der Waals surface area contributed by atoms with Crippen molar-refractivity contribution < 1.29 is 14.3 Å². The van der Waals surface area contributed by atoms with Crippen LogP contribution >= 0.6 is 0 Å². The number of nitrogens with zero attached hydrogens (tertiary/aromatic N) is 3. The predicted molar refractivity (Wildman–Crippen MR) is 99.4 cm³/mol. The quantitative estimate of drug-likeness (QED) is 0.862. The second-order valence-corrected chi connectivity index (χ2v) is 6.24. The molecule has 0 spiro atoms. The largest absolute Gasteiger partial charge is 0.454 e. The summed E-state index contributed by atoms with van der Waals surface area (Å²) in [5.41, 5.74) is 1.98. The SMILES string of the molecule is CCN(Cc1ccc2c(c1)OCO2)C(=O)NCc1cccnc1N(C)C. The van der Waals surface area contributed by atoms with Crippen LogP contribution in [0.15, 0.2) is 36.5 Å². The summed E-state index contributed by atoms with van der Waals surface area (Å²) in [5.74, 6) is 2.32. The molecule has 2 amide bonds. The Morgan fingerprint density at radius 2 is 2.04 bits per heavy atom. The molecule has 7 nitrogen and oxygen atoms in total. The van der Waals surface area contributed by atoms with Crippen molar-refractivity contribution in [2.45, 2.75) is 20.0 Å². The summed E-state index contributed by atoms with van der Waals surface area (Å²) in [6.45, 7) is 3.75. The van der Waals surface area contributed by atoms with Gasteiger partial charge < -0.3 is 24.6 Å². The van der Waals surface area contributed by atoms with Crippen molar-refractivity contribution in [2.24, 2.45) is 0 Å². The molecule has 0 saturated carbocycles. The highest BCUT2D eigenvalue weighted by atomic mass is 16.7. The Kier molecular flexibility index (Phi) is 5.46. The first-order chi connectivity index (χ1) is 12.6. The van der Waals surface area contributed by atoms with Gasteiger partial charge in [0.2, 0.25) is 6.79 Å². The number of amides is 2. The van der Waals surface area contributed by atoms with Crippen LogP contribution in [0, 0.1) is 0 Å². The molecule has 0 atom stereocenters. The minimum Gasteiger partial charge on any atom is -0.454 e. The molecule has 0 fully saturated rings. The highest BCUT2D eigenvalue weighted by molar-refractivity contribution is 5.74. The highest BCUT2D eigenvalue weighted by Crippen LogP contribution is 2.32. The van der Waals surface area contributed by atoms with Crippen LogP contribution < -0.4 is 19.7 Å². The van der Waals surface area contributed by atoms with E-state index in [1.165, 1.54) is 0 Å². The van der Waals surface area contributed by atoms with E-state index in [2.05, 4.69) is 10.3 Å². The molecule has 0 unspecified atom stereocenters. The fourth-order valence-corrected chi connectivity index (χ4v) is 2.84. The minimum absolute atomic E-state index is 0.112. The minimum atomic E-state index is -0.112. The molecule has 7 heteroatoms. The van der Waals surface area contributed by atoms with Crippen molar-refractivity contribution in [1.82, 2.24) is 15.2 Å². The second-order valence-electron chi connectivity index (χ2n) is 6.24. The highest BCUT2D eigenvalue weighted by Gasteiger charge is 2.17. The fraction of sp³-hybridized carbons (Fsp3) is 0.368. The summed E-state index contributed by atoms with van der Waals surface area (Å²) in [5, 5.41) is 2.98. The first-order valence-electron chi connectivity index (χ1n) is 8.61. The van der Waals surface area contributed by atoms with Crippen molar-refractivity contribution in [2.75, 3.05) is 32.3 Å². The average Bonchev–Trinajstić information content (AvgIpc) is 3.12. The molecule has 2 heterocycles. The van der Waals surface area contributed by atoms with Crippen molar-refractivity contribution in [3.05, 3.63) is 47.7 Å². The van der Waals surface area contributed by atoms with E-state index in [0.29, 0.717) is 19.6 Å². The average molecular weight is 356 g/mol. The monoisotopic (exact) mass is 356 g/mol. The van der Waals surface area contributed by atoms with Crippen LogP contribution in [0.4, 0.5) is 10.6 Å². The van der Waals surface area contributed by atoms with Crippen LogP contribution in [0.25, 0.3) is 0 Å². The fourth-order valence-electron chi connectivity index (χ4n) is 2.84. The number of aromatic nitrogens is 1. The Morgan fingerprint density at radius 3 is 2.81 bits per heavy atom. The topological polar surface area (TPSA) is 66.9 Å². The number of hydrogen-bond donors (Lipinski definition) is 1. The van der Waals surface area contributed by atoms with Crippen LogP contribution in [-0.2, 0) is 13.1 Å². The number of hydrogen-bond acceptors (Lipinski definition) is 5. The van der Waals surface area contributed by atoms with Gasteiger partial charge in [0.05, 0.1) is 0 Å². The van der Waals surface area contributed by atoms with Crippen molar-refractivity contribution in [3.8, 4) is 11.5 Å². The molecule has 1 aliphatic heterocycles. The van der Waals surface area contributed by atoms with Gasteiger partial charge >= 0.3 is 6.03 Å². The van der Waals surface area contributed by atoms with E-state index in [1.807, 2.05) is 56.3 Å². The Balaban J connectivity index is 1.62. The molecule has 138 valence electrons. The van der Waals surface area contributed by atoms with Crippen LogP contribution in [0.5, 0.6) is 11.5 Å². The summed E-state index contributed by atoms with van der Waals surface area (Å²) in [4.78, 5) is 20.6. The molecule has 1 aliphatic rings. The number of nitrogens with one attached hydrogen (secondary N) is 1. The van der Waals surface area contributed by atoms with Gasteiger partial charge in [-0.05, 0) is 30.7 Å². The standard InChI is InChI=1S/C19H24N4O3/c1-4-23(12-14-7-8-16-17(10-14)26-13-25-16)19(24)21-11-15-6-5-9-20-18(15)22(2)3/h5-10H,4,11-13H2,1-3H3,(H,21,24). The summed E-state index contributed by atoms with van der Waals surface area (Å²) >= 11 is 0. The maximum Gasteiger partial charge on any atom is 0.317 e. The zero-order valence-electron chi connectivity index (χ0n) is 15.4. The summed E-state index contributed by atoms with van der Waals surface area (Å²) in [6, 6.07) is 9.48. The maximum atomic E-state index is 12.6. The molecular formula is C19H24N4O3. The van der Waals surface area contributed by atoms with Crippen LogP contribution in [0.2, 0.25) is 0 Å². The van der Waals surface area contributed by atoms with Crippen LogP contribution in [0.1, 0.15) is 18.1 Å². The van der Waals surface area contributed by atoms with E-state index < -0.39 is 0 Å². The predicted octanol–water partition coefficient (Wildman–Crippen LogP) is 2.61. The Hall–Kier alpha value is -2.96. The second kappa shape index (κ2) is 7.95. The van der Waals surface area contributed by atoms with Gasteiger partial charge in [0.25, 0.3) is 0 Å². The number of rotatable bonds is 6. The van der Waals surface area contributed by atoms with E-state index >= 15 is 0 Å². The third-order valence-corrected chi connectivity index (χ3v) is 4.20. The van der Waals surface area contributed by atoms with Gasteiger partial charge in [0.15, 0.2) is 11.5 Å². The third kappa shape index (κ3) is 3.99. The lowest BCUT2D eigenvalue weighted by Crippen LogP contribution is -2.39. The maximum absolute atomic E-state index is 12.6. The number of carbonyl (C=O) groups is 1. The molecule has 0 bridgehead atoms. The molecule has 0 aliphatic carbocycles. The first-order valence-corrected chi connectivity index (χ1v) is 8.61. The molecule has 26 heavy (non-hydrogen) atoms. The molecule has 1 aromatic carbocycles. The smallest absolute Gasteiger partial charge is 0.317 e. The number of anilines is 1. The number of urea groups is 1. The third-order valence-electron chi connectivity index (χ3n) is 4.20. The van der Waals surface area contributed by atoms with Gasteiger partial charge in [-0.25, -0.2) is 9.78 Å². The molecule has 2 aromatic rings. The zero-order valence-corrected chi connectivity index (χ0v) is 15.4. The number of fused-ring (bicyclic) bond motifs is 1. The lowest BCUT2D eigenvalue weighted by atomic mass is 10.2. The van der Waals surface area contributed by atoms with Gasteiger partial charge in [0, 0.05) is 45.5 Å². The van der Waals surface area contributed by atoms with E-state index in [0.717, 1.165) is 28.4 Å². The number of carbonyl (C=O) groups excluding carboxylic acids is 1. The number of benzene rings is 1. The molecule has 0 radical (unpaired) electrons. The molecule has 0 saturated heterocycles. The van der Waals surface area contributed by atoms with Crippen LogP contribution in [0.3, 0.4) is 0 Å². The van der Waals surface area contributed by atoms with Gasteiger partial charge in [-0.2, -0.15) is 0 Å². The number of pyridine rings is 1. The summed E-state index contributed by atoms with van der Waals surface area (Å²) in [7, 11) is 3.87. The summed E-state index contributed by atoms with van der Waals surface area (Å²) in [6.07, 6.45) is 1.75. The Bertz CT molecular complexity index is 779. The van der Waals surface area contributed by atoms with Crippen molar-refractivity contribution in [1.29, 1.82) is 0 Å². The summed E-state index contributed by atoms with van der Waals surface area (Å²) < 4.78 is 10.7. The van der Waals surface area contributed by atoms with Gasteiger partial charge in [-0.3, -0.25) is 0 Å². The van der Waals surface area contributed by atoms with Crippen LogP contribution in [-0.4, -0.2) is 43.3 Å². The van der Waals surface area contributed by atoms with Crippen molar-refractivity contribution in [3.63, 3.8) is 0 Å². The van der Waals surface area contributed by atoms with E-state index in [1.54, 1.807) is 11.1 Å². The normalized spacial score (nSPS) is 12.0. The lowest BCUT2D eigenvalue weighted by molar-refractivity contribution is 0.173. The first kappa shape index (κ1) is 17.8. The van der Waals surface area contributed by atoms with E-state index in [4.69, 9.17) is 9.47 Å². The molecule has 1 N–H and O–H groups in total. The Labute approximate surface area is 153 Å². The van der Waals surface area contributed by atoms with E-state index in [9.17, 15) is 4.79 Å². The van der Waals surface area contributed by atoms with Crippen molar-refractivity contribution >= 4 is 11.8 Å². The van der Waals surface area contributed by atoms with Gasteiger partial charge in [-0.1, -0.05) is 12.1 Å². The lowest BCUT2D eigenvalue weighted by Gasteiger charge is -2.22. The number of ether oxygens (including phenoxy) is 2. The van der Waals surface area contributed by atoms with Gasteiger partial charge in [-0.15, -0.1) is 0 Å². The van der Waals surface area contributed by atoms with E-state index in [-0.39, 0.29) is 12.8 Å². The zero-order chi connectivity index (χ0) is 18.5. The van der Waals surface area contributed by atoms with Gasteiger partial charge in [0.1, 0.15) is 5.82 Å².